The molecule has 1 aliphatic heterocycles. The van der Waals surface area contributed by atoms with Gasteiger partial charge in [-0.2, -0.15) is 0 Å². The summed E-state index contributed by atoms with van der Waals surface area (Å²) in [5.74, 6) is 0.790. The van der Waals surface area contributed by atoms with Crippen molar-refractivity contribution in [3.8, 4) is 0 Å². The summed E-state index contributed by atoms with van der Waals surface area (Å²) in [6, 6.07) is 0.599. The van der Waals surface area contributed by atoms with Gasteiger partial charge in [-0.1, -0.05) is 0 Å². The Kier molecular flexibility index (Phi) is 2.05. The zero-order valence-electron chi connectivity index (χ0n) is 7.38. The molecule has 1 heterocycles. The van der Waals surface area contributed by atoms with E-state index >= 15 is 0 Å². The van der Waals surface area contributed by atoms with Crippen LogP contribution in [0.1, 0.15) is 26.2 Å². The third-order valence-corrected chi connectivity index (χ3v) is 2.74. The molecule has 3 atom stereocenters. The SMILES string of the molecule is CCOC(=O)C1CCC2CC2N1. The van der Waals surface area contributed by atoms with Gasteiger partial charge >= 0.3 is 5.97 Å². The van der Waals surface area contributed by atoms with E-state index in [0.29, 0.717) is 12.6 Å². The second-order valence-electron chi connectivity index (χ2n) is 3.65. The summed E-state index contributed by atoms with van der Waals surface area (Å²) in [7, 11) is 0. The Morgan fingerprint density at radius 3 is 3.08 bits per heavy atom. The van der Waals surface area contributed by atoms with E-state index in [9.17, 15) is 4.79 Å². The molecule has 3 nitrogen and oxygen atoms in total. The van der Waals surface area contributed by atoms with Crippen molar-refractivity contribution in [1.82, 2.24) is 5.32 Å². The highest BCUT2D eigenvalue weighted by atomic mass is 16.5. The van der Waals surface area contributed by atoms with Gasteiger partial charge in [-0.15, -0.1) is 0 Å². The summed E-state index contributed by atoms with van der Waals surface area (Å²) in [4.78, 5) is 11.3. The molecular weight excluding hydrogens is 154 g/mol. The second-order valence-corrected chi connectivity index (χ2v) is 3.65. The number of carbonyl (C=O) groups is 1. The molecule has 1 N–H and O–H groups in total. The van der Waals surface area contributed by atoms with Crippen LogP contribution in [0, 0.1) is 5.92 Å². The van der Waals surface area contributed by atoms with E-state index in [0.717, 1.165) is 12.3 Å². The third kappa shape index (κ3) is 1.46. The van der Waals surface area contributed by atoms with Crippen molar-refractivity contribution in [3.63, 3.8) is 0 Å². The largest absolute Gasteiger partial charge is 0.465 e. The van der Waals surface area contributed by atoms with Gasteiger partial charge in [0.25, 0.3) is 0 Å². The fraction of sp³-hybridized carbons (Fsp3) is 0.889. The summed E-state index contributed by atoms with van der Waals surface area (Å²) < 4.78 is 4.95. The van der Waals surface area contributed by atoms with Gasteiger partial charge in [-0.05, 0) is 32.1 Å². The summed E-state index contributed by atoms with van der Waals surface area (Å²) in [6.07, 6.45) is 3.41. The standard InChI is InChI=1S/C9H15NO2/c1-2-12-9(11)7-4-3-6-5-8(6)10-7/h6-8,10H,2-5H2,1H3. The minimum atomic E-state index is -0.0668. The van der Waals surface area contributed by atoms with Crippen molar-refractivity contribution in [3.05, 3.63) is 0 Å². The number of rotatable bonds is 2. The first kappa shape index (κ1) is 8.05. The molecule has 0 spiro atoms. The lowest BCUT2D eigenvalue weighted by molar-refractivity contribution is -0.146. The Bertz CT molecular complexity index is 193. The van der Waals surface area contributed by atoms with Crippen molar-refractivity contribution in [1.29, 1.82) is 0 Å². The molecule has 1 saturated carbocycles. The maximum absolute atomic E-state index is 11.3. The molecular formula is C9H15NO2. The number of esters is 1. The van der Waals surface area contributed by atoms with E-state index in [4.69, 9.17) is 4.74 Å². The van der Waals surface area contributed by atoms with Gasteiger partial charge in [0.05, 0.1) is 6.61 Å². The van der Waals surface area contributed by atoms with E-state index < -0.39 is 0 Å². The molecule has 3 unspecified atom stereocenters. The average Bonchev–Trinajstić information content (AvgIpc) is 2.81. The van der Waals surface area contributed by atoms with Gasteiger partial charge in [0.1, 0.15) is 6.04 Å². The molecule has 2 rings (SSSR count). The molecule has 3 heteroatoms. The summed E-state index contributed by atoms with van der Waals surface area (Å²) in [5.41, 5.74) is 0. The van der Waals surface area contributed by atoms with Crippen LogP contribution in [0.4, 0.5) is 0 Å². The van der Waals surface area contributed by atoms with Crippen LogP contribution in [0.5, 0.6) is 0 Å². The van der Waals surface area contributed by atoms with Crippen molar-refractivity contribution in [2.75, 3.05) is 6.61 Å². The van der Waals surface area contributed by atoms with Crippen molar-refractivity contribution >= 4 is 5.97 Å². The minimum Gasteiger partial charge on any atom is -0.465 e. The van der Waals surface area contributed by atoms with Gasteiger partial charge in [0, 0.05) is 6.04 Å². The molecule has 0 radical (unpaired) electrons. The monoisotopic (exact) mass is 169 g/mol. The molecule has 1 aliphatic carbocycles. The van der Waals surface area contributed by atoms with Crippen molar-refractivity contribution in [2.45, 2.75) is 38.3 Å². The molecule has 1 saturated heterocycles. The van der Waals surface area contributed by atoms with Crippen molar-refractivity contribution in [2.24, 2.45) is 5.92 Å². The lowest BCUT2D eigenvalue weighted by atomic mass is 10.1. The fourth-order valence-electron chi connectivity index (χ4n) is 1.92. The molecule has 12 heavy (non-hydrogen) atoms. The van der Waals surface area contributed by atoms with Gasteiger partial charge < -0.3 is 10.1 Å². The van der Waals surface area contributed by atoms with E-state index in [1.165, 1.54) is 12.8 Å². The number of hydrogen-bond donors (Lipinski definition) is 1. The second kappa shape index (κ2) is 3.05. The van der Waals surface area contributed by atoms with Crippen LogP contribution >= 0.6 is 0 Å². The topological polar surface area (TPSA) is 38.3 Å². The van der Waals surface area contributed by atoms with E-state index in [-0.39, 0.29) is 12.0 Å². The molecule has 0 aromatic rings. The predicted octanol–water partition coefficient (Wildman–Crippen LogP) is 0.690. The molecule has 0 aromatic heterocycles. The lowest BCUT2D eigenvalue weighted by Crippen LogP contribution is -2.42. The molecule has 2 aliphatic rings. The van der Waals surface area contributed by atoms with Crippen LogP contribution in [0.15, 0.2) is 0 Å². The smallest absolute Gasteiger partial charge is 0.323 e. The number of hydrogen-bond acceptors (Lipinski definition) is 3. The van der Waals surface area contributed by atoms with E-state index in [1.807, 2.05) is 6.92 Å². The number of carbonyl (C=O) groups excluding carboxylic acids is 1. The minimum absolute atomic E-state index is 0.0197. The van der Waals surface area contributed by atoms with Crippen LogP contribution in [-0.4, -0.2) is 24.7 Å². The average molecular weight is 169 g/mol. The lowest BCUT2D eigenvalue weighted by Gasteiger charge is -2.20. The molecule has 0 aromatic carbocycles. The Balaban J connectivity index is 1.83. The van der Waals surface area contributed by atoms with Gasteiger partial charge in [0.2, 0.25) is 0 Å². The normalized spacial score (nSPS) is 38.6. The molecule has 0 amide bonds. The third-order valence-electron chi connectivity index (χ3n) is 2.74. The van der Waals surface area contributed by atoms with Crippen LogP contribution in [0.2, 0.25) is 0 Å². The fourth-order valence-corrected chi connectivity index (χ4v) is 1.92. The highest BCUT2D eigenvalue weighted by Gasteiger charge is 2.43. The zero-order valence-corrected chi connectivity index (χ0v) is 7.38. The maximum atomic E-state index is 11.3. The van der Waals surface area contributed by atoms with E-state index in [1.54, 1.807) is 0 Å². The number of nitrogens with one attached hydrogen (secondary N) is 1. The van der Waals surface area contributed by atoms with Crippen LogP contribution in [-0.2, 0) is 9.53 Å². The maximum Gasteiger partial charge on any atom is 0.323 e. The number of fused-ring (bicyclic) bond motifs is 1. The summed E-state index contributed by atoms with van der Waals surface area (Å²) >= 11 is 0. The Morgan fingerprint density at radius 2 is 2.42 bits per heavy atom. The first-order valence-electron chi connectivity index (χ1n) is 4.74. The zero-order chi connectivity index (χ0) is 8.55. The predicted molar refractivity (Wildman–Crippen MR) is 44.7 cm³/mol. The van der Waals surface area contributed by atoms with Crippen LogP contribution in [0.25, 0.3) is 0 Å². The summed E-state index contributed by atoms with van der Waals surface area (Å²) in [6.45, 7) is 2.34. The van der Waals surface area contributed by atoms with Crippen molar-refractivity contribution < 1.29 is 9.53 Å². The molecule has 68 valence electrons. The highest BCUT2D eigenvalue weighted by Crippen LogP contribution is 2.39. The van der Waals surface area contributed by atoms with Crippen LogP contribution in [0.3, 0.4) is 0 Å². The van der Waals surface area contributed by atoms with E-state index in [2.05, 4.69) is 5.32 Å². The van der Waals surface area contributed by atoms with Gasteiger partial charge in [0.15, 0.2) is 0 Å². The first-order valence-corrected chi connectivity index (χ1v) is 4.74. The number of ether oxygens (including phenoxy) is 1. The van der Waals surface area contributed by atoms with Gasteiger partial charge in [-0.3, -0.25) is 4.79 Å². The number of piperidine rings is 1. The Labute approximate surface area is 72.5 Å². The Hall–Kier alpha value is -0.570. The summed E-state index contributed by atoms with van der Waals surface area (Å²) in [5, 5.41) is 3.30. The Morgan fingerprint density at radius 1 is 1.58 bits per heavy atom. The molecule has 0 bridgehead atoms. The van der Waals surface area contributed by atoms with Gasteiger partial charge in [-0.25, -0.2) is 0 Å². The molecule has 2 fully saturated rings. The quantitative estimate of drug-likeness (QED) is 0.618. The first-order chi connectivity index (χ1) is 5.81. The van der Waals surface area contributed by atoms with Crippen LogP contribution < -0.4 is 5.32 Å². The highest BCUT2D eigenvalue weighted by molar-refractivity contribution is 5.76.